The summed E-state index contributed by atoms with van der Waals surface area (Å²) in [5.74, 6) is -1.71. The predicted molar refractivity (Wildman–Crippen MR) is 146 cm³/mol. The zero-order chi connectivity index (χ0) is 26.2. The highest BCUT2D eigenvalue weighted by atomic mass is 16.4. The minimum absolute atomic E-state index is 0.0802. The molecule has 1 amide bonds. The van der Waals surface area contributed by atoms with Gasteiger partial charge in [0.05, 0.1) is 5.69 Å². The second kappa shape index (κ2) is 16.6. The van der Waals surface area contributed by atoms with Gasteiger partial charge < -0.3 is 10.4 Å². The van der Waals surface area contributed by atoms with E-state index in [9.17, 15) is 14.4 Å². The maximum atomic E-state index is 12.6. The number of anilines is 1. The van der Waals surface area contributed by atoms with Crippen LogP contribution in [0.15, 0.2) is 47.3 Å². The lowest BCUT2D eigenvalue weighted by Gasteiger charge is -2.11. The van der Waals surface area contributed by atoms with E-state index in [4.69, 9.17) is 5.11 Å². The molecule has 0 unspecified atom stereocenters. The smallest absolute Gasteiger partial charge is 0.328 e. The van der Waals surface area contributed by atoms with Gasteiger partial charge in [0.1, 0.15) is 0 Å². The highest BCUT2D eigenvalue weighted by Gasteiger charge is 2.10. The summed E-state index contributed by atoms with van der Waals surface area (Å²) in [6.45, 7) is 2.26. The van der Waals surface area contributed by atoms with E-state index in [0.717, 1.165) is 30.7 Å². The fourth-order valence-corrected chi connectivity index (χ4v) is 4.45. The molecule has 36 heavy (non-hydrogen) atoms. The van der Waals surface area contributed by atoms with Crippen LogP contribution in [0.5, 0.6) is 0 Å². The van der Waals surface area contributed by atoms with Crippen molar-refractivity contribution in [2.75, 3.05) is 5.32 Å². The van der Waals surface area contributed by atoms with Crippen LogP contribution in [0.3, 0.4) is 0 Å². The van der Waals surface area contributed by atoms with Gasteiger partial charge in [0, 0.05) is 36.6 Å². The van der Waals surface area contributed by atoms with Gasteiger partial charge in [-0.05, 0) is 37.1 Å². The lowest BCUT2D eigenvalue weighted by Crippen LogP contribution is -2.19. The van der Waals surface area contributed by atoms with Crippen molar-refractivity contribution in [2.45, 2.75) is 96.8 Å². The molecule has 1 aromatic heterocycles. The third-order valence-corrected chi connectivity index (χ3v) is 6.51. The first-order valence-corrected chi connectivity index (χ1v) is 13.5. The number of aromatic nitrogens is 2. The first-order chi connectivity index (χ1) is 17.4. The lowest BCUT2D eigenvalue weighted by molar-refractivity contribution is -0.131. The van der Waals surface area contributed by atoms with Crippen LogP contribution in [0.2, 0.25) is 0 Å². The number of unbranched alkanes of at least 4 members (excludes halogenated alkanes) is 12. The Balaban J connectivity index is 1.71. The second-order valence-corrected chi connectivity index (χ2v) is 9.51. The summed E-state index contributed by atoms with van der Waals surface area (Å²) < 4.78 is 3.51. The van der Waals surface area contributed by atoms with Gasteiger partial charge in [-0.1, -0.05) is 84.0 Å². The monoisotopic (exact) mass is 497 g/mol. The predicted octanol–water partition coefficient (Wildman–Crippen LogP) is 6.39. The quantitative estimate of drug-likeness (QED) is 0.184. The first-order valence-electron chi connectivity index (χ1n) is 13.5. The van der Waals surface area contributed by atoms with Gasteiger partial charge in [0.15, 0.2) is 0 Å². The maximum absolute atomic E-state index is 12.6. The van der Waals surface area contributed by atoms with Crippen molar-refractivity contribution in [1.29, 1.82) is 0 Å². The molecule has 0 spiro atoms. The van der Waals surface area contributed by atoms with Crippen LogP contribution in [-0.4, -0.2) is 26.3 Å². The Hall–Kier alpha value is -3.09. The summed E-state index contributed by atoms with van der Waals surface area (Å²) >= 11 is 0. The van der Waals surface area contributed by atoms with Crippen LogP contribution >= 0.6 is 0 Å². The second-order valence-electron chi connectivity index (χ2n) is 9.51. The number of amides is 1. The van der Waals surface area contributed by atoms with Gasteiger partial charge in [-0.3, -0.25) is 14.3 Å². The van der Waals surface area contributed by atoms with Crippen LogP contribution in [0.1, 0.15) is 96.1 Å². The van der Waals surface area contributed by atoms with E-state index in [-0.39, 0.29) is 5.56 Å². The number of carbonyl (C=O) groups is 2. The minimum atomic E-state index is -1.18. The molecule has 0 bridgehead atoms. The average Bonchev–Trinajstić information content (AvgIpc) is 3.14. The van der Waals surface area contributed by atoms with E-state index in [0.29, 0.717) is 11.4 Å². The third kappa shape index (κ3) is 10.7. The molecule has 2 aromatic rings. The van der Waals surface area contributed by atoms with Gasteiger partial charge in [0.25, 0.3) is 5.56 Å². The lowest BCUT2D eigenvalue weighted by atomic mass is 10.0. The number of rotatable bonds is 18. The van der Waals surface area contributed by atoms with E-state index < -0.39 is 11.9 Å². The largest absolute Gasteiger partial charge is 0.478 e. The van der Waals surface area contributed by atoms with Crippen LogP contribution in [0, 0.1) is 0 Å². The molecule has 0 aliphatic carbocycles. The van der Waals surface area contributed by atoms with Crippen LogP contribution in [0.4, 0.5) is 5.69 Å². The molecule has 0 aliphatic rings. The molecule has 198 valence electrons. The van der Waals surface area contributed by atoms with Gasteiger partial charge in [-0.2, -0.15) is 0 Å². The van der Waals surface area contributed by atoms with Gasteiger partial charge in [-0.15, -0.1) is 0 Å². The first kappa shape index (κ1) is 29.1. The number of hydrogen-bond donors (Lipinski definition) is 2. The van der Waals surface area contributed by atoms with Crippen molar-refractivity contribution in [3.8, 4) is 5.69 Å². The van der Waals surface area contributed by atoms with Crippen LogP contribution in [0.25, 0.3) is 5.69 Å². The fourth-order valence-electron chi connectivity index (χ4n) is 4.45. The number of benzene rings is 1. The number of nitrogens with one attached hydrogen (secondary N) is 1. The zero-order valence-corrected chi connectivity index (χ0v) is 22.0. The number of aliphatic carboxylic acids is 1. The zero-order valence-electron chi connectivity index (χ0n) is 22.0. The van der Waals surface area contributed by atoms with Crippen LogP contribution in [-0.2, 0) is 23.1 Å². The van der Waals surface area contributed by atoms with E-state index in [1.807, 2.05) is 11.7 Å². The molecule has 0 saturated carbocycles. The van der Waals surface area contributed by atoms with Crippen molar-refractivity contribution in [3.05, 3.63) is 58.5 Å². The number of carboxylic acid groups (broad SMARTS) is 1. The number of carbonyl (C=O) groups excluding carboxylic acids is 1. The molecule has 7 heteroatoms. The molecule has 0 atom stereocenters. The van der Waals surface area contributed by atoms with Crippen molar-refractivity contribution >= 4 is 17.6 Å². The Morgan fingerprint density at radius 3 is 1.89 bits per heavy atom. The number of hydrogen-bond acceptors (Lipinski definition) is 3. The summed E-state index contributed by atoms with van der Waals surface area (Å²) in [6.07, 6.45) is 19.7. The van der Waals surface area contributed by atoms with Crippen molar-refractivity contribution in [1.82, 2.24) is 9.36 Å². The molecule has 0 fully saturated rings. The summed E-state index contributed by atoms with van der Waals surface area (Å²) in [5, 5.41) is 11.2. The third-order valence-electron chi connectivity index (χ3n) is 6.51. The highest BCUT2D eigenvalue weighted by molar-refractivity contribution is 6.02. The Morgan fingerprint density at radius 1 is 0.833 bits per heavy atom. The Morgan fingerprint density at radius 2 is 1.36 bits per heavy atom. The van der Waals surface area contributed by atoms with Crippen LogP contribution < -0.4 is 10.9 Å². The Labute approximate surface area is 215 Å². The van der Waals surface area contributed by atoms with Gasteiger partial charge >= 0.3 is 5.97 Å². The van der Waals surface area contributed by atoms with Gasteiger partial charge in [0.2, 0.25) is 5.91 Å². The Kier molecular flexibility index (Phi) is 13.4. The minimum Gasteiger partial charge on any atom is -0.478 e. The molecular formula is C29H43N3O4. The molecular weight excluding hydrogens is 454 g/mol. The molecule has 1 aromatic carbocycles. The van der Waals surface area contributed by atoms with Crippen molar-refractivity contribution in [3.63, 3.8) is 0 Å². The van der Waals surface area contributed by atoms with Gasteiger partial charge in [-0.25, -0.2) is 9.48 Å². The summed E-state index contributed by atoms with van der Waals surface area (Å²) in [4.78, 5) is 34.9. The maximum Gasteiger partial charge on any atom is 0.328 e. The molecule has 1 heterocycles. The summed E-state index contributed by atoms with van der Waals surface area (Å²) in [6, 6.07) is 8.59. The molecule has 2 N–H and O–H groups in total. The topological polar surface area (TPSA) is 93.3 Å². The average molecular weight is 498 g/mol. The van der Waals surface area contributed by atoms with Crippen molar-refractivity contribution < 1.29 is 14.7 Å². The molecule has 7 nitrogen and oxygen atoms in total. The normalized spacial score (nSPS) is 11.3. The molecule has 0 saturated heterocycles. The van der Waals surface area contributed by atoms with E-state index in [2.05, 4.69) is 12.2 Å². The number of aryl methyl sites for hydroxylation is 1. The molecule has 0 aliphatic heterocycles. The fraction of sp³-hybridized carbons (Fsp3) is 0.552. The number of nitrogens with zero attached hydrogens (tertiary/aromatic N) is 2. The van der Waals surface area contributed by atoms with E-state index in [1.54, 1.807) is 35.0 Å². The van der Waals surface area contributed by atoms with E-state index in [1.165, 1.54) is 77.0 Å². The van der Waals surface area contributed by atoms with Crippen molar-refractivity contribution in [2.24, 2.45) is 7.05 Å². The SMILES string of the molecule is CCCCCCCCCCCCCCCc1cc(=O)n(-c2ccc(NC(=O)C=CC(=O)O)cc2)n1C. The Bertz CT molecular complexity index is 1020. The standard InChI is InChI=1S/C29H43N3O4/c1-3-4-5-6-7-8-9-10-11-12-13-14-15-16-26-23-28(34)32(31(26)2)25-19-17-24(18-20-25)30-27(33)21-22-29(35)36/h17-23H,3-16H2,1-2H3,(H,30,33)(H,35,36). The van der Waals surface area contributed by atoms with E-state index >= 15 is 0 Å². The summed E-state index contributed by atoms with van der Waals surface area (Å²) in [7, 11) is 1.89. The molecule has 2 rings (SSSR count). The molecule has 0 radical (unpaired) electrons. The summed E-state index contributed by atoms with van der Waals surface area (Å²) in [5.41, 5.74) is 2.16. The number of carboxylic acids is 1. The highest BCUT2D eigenvalue weighted by Crippen LogP contribution is 2.16.